The maximum Gasteiger partial charge on any atom is 0.143 e. The third-order valence-corrected chi connectivity index (χ3v) is 3.67. The Morgan fingerprint density at radius 2 is 2.00 bits per heavy atom. The summed E-state index contributed by atoms with van der Waals surface area (Å²) in [7, 11) is 0. The number of hydrogen-bond donors (Lipinski definition) is 1. The number of aryl methyl sites for hydroxylation is 1. The van der Waals surface area contributed by atoms with Crippen molar-refractivity contribution in [2.45, 2.75) is 64.7 Å². The Balaban J connectivity index is 1.65. The summed E-state index contributed by atoms with van der Waals surface area (Å²) in [6, 6.07) is 0.801. The third-order valence-electron chi connectivity index (χ3n) is 2.72. The van der Waals surface area contributed by atoms with Crippen LogP contribution >= 0.6 is 11.3 Å². The molecule has 0 spiro atoms. The van der Waals surface area contributed by atoms with E-state index in [1.54, 1.807) is 11.3 Å². The summed E-state index contributed by atoms with van der Waals surface area (Å²) in [5.41, 5.74) is -0.111. The summed E-state index contributed by atoms with van der Waals surface area (Å²) in [5, 5.41) is 14.0. The summed E-state index contributed by atoms with van der Waals surface area (Å²) >= 11 is 1.67. The number of nitrogens with one attached hydrogen (secondary N) is 1. The highest BCUT2D eigenvalue weighted by Crippen LogP contribution is 2.19. The molecule has 1 aromatic rings. The Morgan fingerprint density at radius 3 is 2.67 bits per heavy atom. The lowest BCUT2D eigenvalue weighted by Gasteiger charge is -2.17. The first-order valence-electron chi connectivity index (χ1n) is 6.71. The quantitative estimate of drug-likeness (QED) is 0.773. The molecule has 1 aromatic heterocycles. The maximum atomic E-state index is 5.69. The summed E-state index contributed by atoms with van der Waals surface area (Å²) in [6.45, 7) is 7.83. The first-order valence-corrected chi connectivity index (χ1v) is 7.53. The number of hydrogen-bond acceptors (Lipinski definition) is 5. The number of ether oxygens (including phenoxy) is 1. The maximum absolute atomic E-state index is 5.69. The molecule has 0 atom stereocenters. The normalized spacial score (nSPS) is 16.2. The van der Waals surface area contributed by atoms with E-state index in [0.717, 1.165) is 35.4 Å². The highest BCUT2D eigenvalue weighted by Gasteiger charge is 2.19. The molecule has 0 amide bonds. The molecule has 0 saturated heterocycles. The van der Waals surface area contributed by atoms with E-state index in [1.807, 2.05) is 0 Å². The van der Waals surface area contributed by atoms with Crippen molar-refractivity contribution in [3.8, 4) is 0 Å². The fourth-order valence-electron chi connectivity index (χ4n) is 1.56. The van der Waals surface area contributed by atoms with Gasteiger partial charge >= 0.3 is 0 Å². The van der Waals surface area contributed by atoms with Crippen molar-refractivity contribution in [2.24, 2.45) is 0 Å². The lowest BCUT2D eigenvalue weighted by Crippen LogP contribution is -2.18. The lowest BCUT2D eigenvalue weighted by molar-refractivity contribution is -0.0152. The van der Waals surface area contributed by atoms with Crippen LogP contribution in [0.25, 0.3) is 0 Å². The van der Waals surface area contributed by atoms with Crippen LogP contribution in [0, 0.1) is 0 Å². The molecule has 1 fully saturated rings. The number of nitrogens with zero attached hydrogens (tertiary/aromatic N) is 2. The van der Waals surface area contributed by atoms with E-state index in [4.69, 9.17) is 4.74 Å². The minimum Gasteiger partial charge on any atom is -0.369 e. The van der Waals surface area contributed by atoms with Gasteiger partial charge in [-0.3, -0.25) is 0 Å². The molecule has 102 valence electrons. The minimum atomic E-state index is -0.111. The van der Waals surface area contributed by atoms with Crippen LogP contribution in [0.3, 0.4) is 0 Å². The van der Waals surface area contributed by atoms with Crippen LogP contribution in [0.1, 0.15) is 50.0 Å². The smallest absolute Gasteiger partial charge is 0.143 e. The van der Waals surface area contributed by atoms with Gasteiger partial charge in [-0.2, -0.15) is 0 Å². The molecule has 0 radical (unpaired) electrons. The average molecular weight is 269 g/mol. The Hall–Kier alpha value is -0.520. The largest absolute Gasteiger partial charge is 0.369 e. The van der Waals surface area contributed by atoms with Crippen LogP contribution in [0.4, 0.5) is 0 Å². The van der Waals surface area contributed by atoms with Gasteiger partial charge in [0.1, 0.15) is 16.6 Å². The van der Waals surface area contributed by atoms with Crippen molar-refractivity contribution >= 4 is 11.3 Å². The summed E-state index contributed by atoms with van der Waals surface area (Å²) in [4.78, 5) is 0. The van der Waals surface area contributed by atoms with Crippen LogP contribution < -0.4 is 5.32 Å². The van der Waals surface area contributed by atoms with E-state index in [-0.39, 0.29) is 5.60 Å². The number of aromatic nitrogens is 2. The first kappa shape index (κ1) is 13.9. The Morgan fingerprint density at radius 1 is 1.28 bits per heavy atom. The van der Waals surface area contributed by atoms with Gasteiger partial charge in [0.2, 0.25) is 0 Å². The van der Waals surface area contributed by atoms with Crippen LogP contribution in [0.15, 0.2) is 0 Å². The fraction of sp³-hybridized carbons (Fsp3) is 0.846. The van der Waals surface area contributed by atoms with Crippen molar-refractivity contribution in [2.75, 3.05) is 6.54 Å². The molecule has 0 unspecified atom stereocenters. The molecule has 18 heavy (non-hydrogen) atoms. The summed E-state index contributed by atoms with van der Waals surface area (Å²) in [6.07, 6.45) is 4.87. The van der Waals surface area contributed by atoms with Gasteiger partial charge in [-0.1, -0.05) is 11.3 Å². The number of rotatable bonds is 7. The molecule has 1 saturated carbocycles. The second-order valence-corrected chi connectivity index (χ2v) is 6.97. The van der Waals surface area contributed by atoms with E-state index in [2.05, 4.69) is 36.3 Å². The van der Waals surface area contributed by atoms with Gasteiger partial charge in [-0.25, -0.2) is 0 Å². The first-order chi connectivity index (χ1) is 8.53. The highest BCUT2D eigenvalue weighted by atomic mass is 32.1. The standard InChI is InChI=1S/C13H23N3OS/c1-13(2,3)17-9-12-16-15-11(18-12)5-4-8-14-10-6-7-10/h10,14H,4-9H2,1-3H3. The van der Waals surface area contributed by atoms with Crippen molar-refractivity contribution in [1.82, 2.24) is 15.5 Å². The molecule has 1 N–H and O–H groups in total. The van der Waals surface area contributed by atoms with Crippen LogP contribution in [-0.4, -0.2) is 28.4 Å². The molecule has 1 heterocycles. The molecule has 5 heteroatoms. The van der Waals surface area contributed by atoms with E-state index in [9.17, 15) is 0 Å². The van der Waals surface area contributed by atoms with E-state index in [1.165, 1.54) is 12.8 Å². The van der Waals surface area contributed by atoms with Gasteiger partial charge in [0.05, 0.1) is 5.60 Å². The zero-order valence-corrected chi connectivity index (χ0v) is 12.3. The second kappa shape index (κ2) is 6.08. The summed E-state index contributed by atoms with van der Waals surface area (Å²) < 4.78 is 5.69. The molecule has 1 aliphatic rings. The van der Waals surface area contributed by atoms with E-state index >= 15 is 0 Å². The predicted octanol–water partition coefficient (Wildman–Crippen LogP) is 2.54. The van der Waals surface area contributed by atoms with Crippen molar-refractivity contribution in [1.29, 1.82) is 0 Å². The van der Waals surface area contributed by atoms with Crippen molar-refractivity contribution in [3.63, 3.8) is 0 Å². The highest BCUT2D eigenvalue weighted by molar-refractivity contribution is 7.11. The lowest BCUT2D eigenvalue weighted by atomic mass is 10.2. The van der Waals surface area contributed by atoms with Gasteiger partial charge in [0.25, 0.3) is 0 Å². The third kappa shape index (κ3) is 5.42. The van der Waals surface area contributed by atoms with Gasteiger partial charge in [-0.15, -0.1) is 10.2 Å². The zero-order valence-electron chi connectivity index (χ0n) is 11.5. The average Bonchev–Trinajstić information content (AvgIpc) is 3.00. The Bertz CT molecular complexity index is 369. The van der Waals surface area contributed by atoms with Crippen molar-refractivity contribution < 1.29 is 4.74 Å². The SMILES string of the molecule is CC(C)(C)OCc1nnc(CCCNC2CC2)s1. The van der Waals surface area contributed by atoms with Crippen LogP contribution in [0.5, 0.6) is 0 Å². The van der Waals surface area contributed by atoms with Crippen LogP contribution in [-0.2, 0) is 17.8 Å². The Kier molecular flexibility index (Phi) is 4.70. The molecular formula is C13H23N3OS. The Labute approximate surface area is 113 Å². The van der Waals surface area contributed by atoms with Gasteiger partial charge < -0.3 is 10.1 Å². The van der Waals surface area contributed by atoms with E-state index < -0.39 is 0 Å². The van der Waals surface area contributed by atoms with E-state index in [0.29, 0.717) is 6.61 Å². The molecule has 0 aliphatic heterocycles. The molecular weight excluding hydrogens is 246 g/mol. The minimum absolute atomic E-state index is 0.111. The van der Waals surface area contributed by atoms with Gasteiger partial charge in [0, 0.05) is 12.5 Å². The van der Waals surface area contributed by atoms with Crippen molar-refractivity contribution in [3.05, 3.63) is 10.0 Å². The molecule has 0 bridgehead atoms. The molecule has 0 aromatic carbocycles. The van der Waals surface area contributed by atoms with Crippen LogP contribution in [0.2, 0.25) is 0 Å². The molecule has 4 nitrogen and oxygen atoms in total. The second-order valence-electron chi connectivity index (χ2n) is 5.82. The van der Waals surface area contributed by atoms with Gasteiger partial charge in [-0.05, 0) is 46.6 Å². The van der Waals surface area contributed by atoms with Gasteiger partial charge in [0.15, 0.2) is 0 Å². The predicted molar refractivity (Wildman–Crippen MR) is 73.8 cm³/mol. The monoisotopic (exact) mass is 269 g/mol. The molecule has 2 rings (SSSR count). The fourth-order valence-corrected chi connectivity index (χ4v) is 2.36. The topological polar surface area (TPSA) is 47.0 Å². The molecule has 1 aliphatic carbocycles. The summed E-state index contributed by atoms with van der Waals surface area (Å²) in [5.74, 6) is 0. The zero-order chi connectivity index (χ0) is 13.0.